The minimum Gasteiger partial charge on any atom is -0.465 e. The number of hydrogen-bond donors (Lipinski definition) is 0. The molecule has 7 heteroatoms. The Balaban J connectivity index is 2.23. The van der Waals surface area contributed by atoms with E-state index in [1.165, 1.54) is 17.4 Å². The lowest BCUT2D eigenvalue weighted by Crippen LogP contribution is -2.21. The molecule has 0 aliphatic heterocycles. The molecule has 2 aromatic rings. The first-order valence-corrected chi connectivity index (χ1v) is 10.0. The van der Waals surface area contributed by atoms with Crippen LogP contribution < -0.4 is 4.90 Å². The Labute approximate surface area is 159 Å². The van der Waals surface area contributed by atoms with Crippen LogP contribution in [0.2, 0.25) is 0 Å². The van der Waals surface area contributed by atoms with Crippen LogP contribution in [0.5, 0.6) is 0 Å². The van der Waals surface area contributed by atoms with E-state index in [1.54, 1.807) is 0 Å². The summed E-state index contributed by atoms with van der Waals surface area (Å²) < 4.78 is 7.11. The smallest absolute Gasteiger partial charge is 0.319 e. The third-order valence-electron chi connectivity index (χ3n) is 4.19. The largest absolute Gasteiger partial charge is 0.465 e. The van der Waals surface area contributed by atoms with Crippen molar-refractivity contribution in [2.24, 2.45) is 0 Å². The topological polar surface area (TPSA) is 60.2 Å². The van der Waals surface area contributed by atoms with Crippen molar-refractivity contribution in [1.82, 2.24) is 14.8 Å². The lowest BCUT2D eigenvalue weighted by atomic mass is 10.2. The summed E-state index contributed by atoms with van der Waals surface area (Å²) in [5.41, 5.74) is 2.22. The lowest BCUT2D eigenvalue weighted by Gasteiger charge is -2.21. The van der Waals surface area contributed by atoms with Crippen LogP contribution >= 0.6 is 11.8 Å². The van der Waals surface area contributed by atoms with Gasteiger partial charge in [0.15, 0.2) is 11.0 Å². The van der Waals surface area contributed by atoms with E-state index in [1.807, 2.05) is 18.4 Å². The van der Waals surface area contributed by atoms with Crippen LogP contribution in [-0.2, 0) is 16.1 Å². The number of anilines is 1. The Morgan fingerprint density at radius 1 is 1.15 bits per heavy atom. The summed E-state index contributed by atoms with van der Waals surface area (Å²) in [5, 5.41) is 9.07. The van der Waals surface area contributed by atoms with Gasteiger partial charge in [0.25, 0.3) is 0 Å². The van der Waals surface area contributed by atoms with Crippen LogP contribution in [0.15, 0.2) is 29.4 Å². The summed E-state index contributed by atoms with van der Waals surface area (Å²) in [7, 11) is 0. The van der Waals surface area contributed by atoms with Gasteiger partial charge >= 0.3 is 5.97 Å². The maximum Gasteiger partial charge on any atom is 0.319 e. The van der Waals surface area contributed by atoms with Crippen LogP contribution in [0.4, 0.5) is 5.69 Å². The van der Waals surface area contributed by atoms with Gasteiger partial charge in [-0.15, -0.1) is 10.2 Å². The maximum atomic E-state index is 11.9. The standard InChI is InChI=1S/C19H28N4O2S/c1-6-22(7-2)16-12-10-15(11-13-16)17-20-21-19(23(17)8-3)26-14(5)18(24)25-9-4/h10-14H,6-9H2,1-5H3. The van der Waals surface area contributed by atoms with Gasteiger partial charge in [0.2, 0.25) is 0 Å². The maximum absolute atomic E-state index is 11.9. The Kier molecular flexibility index (Phi) is 7.50. The molecule has 2 rings (SSSR count). The predicted octanol–water partition coefficient (Wildman–Crippen LogP) is 3.85. The summed E-state index contributed by atoms with van der Waals surface area (Å²) in [4.78, 5) is 14.2. The Morgan fingerprint density at radius 3 is 2.35 bits per heavy atom. The average molecular weight is 377 g/mol. The highest BCUT2D eigenvalue weighted by molar-refractivity contribution is 8.00. The fourth-order valence-corrected chi connectivity index (χ4v) is 3.66. The zero-order valence-corrected chi connectivity index (χ0v) is 17.0. The second kappa shape index (κ2) is 9.62. The number of carbonyl (C=O) groups is 1. The highest BCUT2D eigenvalue weighted by Gasteiger charge is 2.21. The Morgan fingerprint density at radius 2 is 1.81 bits per heavy atom. The number of ether oxygens (including phenoxy) is 1. The van der Waals surface area contributed by atoms with Gasteiger partial charge in [-0.05, 0) is 58.9 Å². The van der Waals surface area contributed by atoms with Crippen LogP contribution in [0.3, 0.4) is 0 Å². The molecule has 0 bridgehead atoms. The second-order valence-electron chi connectivity index (χ2n) is 5.78. The Bertz CT molecular complexity index is 711. The molecular formula is C19H28N4O2S. The van der Waals surface area contributed by atoms with Gasteiger partial charge in [-0.3, -0.25) is 4.79 Å². The zero-order chi connectivity index (χ0) is 19.1. The lowest BCUT2D eigenvalue weighted by molar-refractivity contribution is -0.142. The molecule has 142 valence electrons. The zero-order valence-electron chi connectivity index (χ0n) is 16.2. The first kappa shape index (κ1) is 20.3. The molecule has 0 saturated carbocycles. The summed E-state index contributed by atoms with van der Waals surface area (Å²) in [6.07, 6.45) is 0. The number of carbonyl (C=O) groups excluding carboxylic acids is 1. The summed E-state index contributed by atoms with van der Waals surface area (Å²) in [6, 6.07) is 8.39. The molecule has 0 N–H and O–H groups in total. The highest BCUT2D eigenvalue weighted by atomic mass is 32.2. The molecule has 1 atom stereocenters. The fourth-order valence-electron chi connectivity index (χ4n) is 2.75. The summed E-state index contributed by atoms with van der Waals surface area (Å²) in [5.74, 6) is 0.588. The molecule has 6 nitrogen and oxygen atoms in total. The van der Waals surface area contributed by atoms with E-state index in [0.29, 0.717) is 6.61 Å². The highest BCUT2D eigenvalue weighted by Crippen LogP contribution is 2.28. The number of aromatic nitrogens is 3. The number of hydrogen-bond acceptors (Lipinski definition) is 6. The third-order valence-corrected chi connectivity index (χ3v) is 5.25. The van der Waals surface area contributed by atoms with Gasteiger partial charge < -0.3 is 14.2 Å². The molecule has 0 fully saturated rings. The third kappa shape index (κ3) is 4.58. The molecular weight excluding hydrogens is 348 g/mol. The molecule has 0 spiro atoms. The monoisotopic (exact) mass is 376 g/mol. The van der Waals surface area contributed by atoms with Crippen molar-refractivity contribution in [2.75, 3.05) is 24.6 Å². The van der Waals surface area contributed by atoms with E-state index in [9.17, 15) is 4.79 Å². The normalized spacial score (nSPS) is 12.0. The number of nitrogens with zero attached hydrogens (tertiary/aromatic N) is 4. The van der Waals surface area contributed by atoms with E-state index < -0.39 is 0 Å². The SMILES string of the molecule is CCOC(=O)C(C)Sc1nnc(-c2ccc(N(CC)CC)cc2)n1CC. The summed E-state index contributed by atoms with van der Waals surface area (Å²) >= 11 is 1.38. The molecule has 26 heavy (non-hydrogen) atoms. The summed E-state index contributed by atoms with van der Waals surface area (Å²) in [6.45, 7) is 13.1. The average Bonchev–Trinajstić information content (AvgIpc) is 3.06. The molecule has 1 aromatic heterocycles. The molecule has 1 aromatic carbocycles. The van der Waals surface area contributed by atoms with Crippen molar-refractivity contribution in [1.29, 1.82) is 0 Å². The molecule has 1 heterocycles. The number of rotatable bonds is 9. The van der Waals surface area contributed by atoms with Crippen LogP contribution in [0.25, 0.3) is 11.4 Å². The minimum atomic E-state index is -0.317. The quantitative estimate of drug-likeness (QED) is 0.489. The van der Waals surface area contributed by atoms with Gasteiger partial charge in [-0.1, -0.05) is 11.8 Å². The first-order valence-electron chi connectivity index (χ1n) is 9.17. The molecule has 0 aliphatic rings. The van der Waals surface area contributed by atoms with E-state index in [2.05, 4.69) is 60.1 Å². The molecule has 1 unspecified atom stereocenters. The van der Waals surface area contributed by atoms with E-state index in [4.69, 9.17) is 4.74 Å². The number of thioether (sulfide) groups is 1. The Hall–Kier alpha value is -2.02. The van der Waals surface area contributed by atoms with Crippen LogP contribution in [0.1, 0.15) is 34.6 Å². The molecule has 0 saturated heterocycles. The van der Waals surface area contributed by atoms with Crippen molar-refractivity contribution in [3.05, 3.63) is 24.3 Å². The van der Waals surface area contributed by atoms with Crippen molar-refractivity contribution in [3.8, 4) is 11.4 Å². The van der Waals surface area contributed by atoms with E-state index >= 15 is 0 Å². The molecule has 0 amide bonds. The van der Waals surface area contributed by atoms with Gasteiger partial charge in [-0.25, -0.2) is 0 Å². The van der Waals surface area contributed by atoms with Crippen molar-refractivity contribution < 1.29 is 9.53 Å². The number of esters is 1. The van der Waals surface area contributed by atoms with Crippen molar-refractivity contribution >= 4 is 23.4 Å². The predicted molar refractivity (Wildman–Crippen MR) is 107 cm³/mol. The van der Waals surface area contributed by atoms with Crippen LogP contribution in [-0.4, -0.2) is 45.7 Å². The van der Waals surface area contributed by atoms with E-state index in [-0.39, 0.29) is 11.2 Å². The first-order chi connectivity index (χ1) is 12.5. The second-order valence-corrected chi connectivity index (χ2v) is 7.09. The van der Waals surface area contributed by atoms with Gasteiger partial charge in [-0.2, -0.15) is 0 Å². The van der Waals surface area contributed by atoms with Gasteiger partial charge in [0.05, 0.1) is 6.61 Å². The number of benzene rings is 1. The van der Waals surface area contributed by atoms with Crippen molar-refractivity contribution in [3.63, 3.8) is 0 Å². The van der Waals surface area contributed by atoms with Gasteiger partial charge in [0, 0.05) is 30.9 Å². The van der Waals surface area contributed by atoms with E-state index in [0.717, 1.165) is 36.2 Å². The fraction of sp³-hybridized carbons (Fsp3) is 0.526. The van der Waals surface area contributed by atoms with Gasteiger partial charge in [0.1, 0.15) is 5.25 Å². The van der Waals surface area contributed by atoms with Crippen molar-refractivity contribution in [2.45, 2.75) is 51.6 Å². The minimum absolute atomic E-state index is 0.228. The van der Waals surface area contributed by atoms with Crippen LogP contribution in [0, 0.1) is 0 Å². The molecule has 0 aliphatic carbocycles. The molecule has 0 radical (unpaired) electrons.